The van der Waals surface area contributed by atoms with Crippen molar-refractivity contribution in [1.29, 1.82) is 0 Å². The topological polar surface area (TPSA) is 105 Å². The lowest BCUT2D eigenvalue weighted by Gasteiger charge is -2.16. The van der Waals surface area contributed by atoms with Gasteiger partial charge >= 0.3 is 12.1 Å². The van der Waals surface area contributed by atoms with Gasteiger partial charge in [-0.1, -0.05) is 55.5 Å². The summed E-state index contributed by atoms with van der Waals surface area (Å²) in [6.07, 6.45) is 1.29. The van der Waals surface area contributed by atoms with Crippen LogP contribution in [0.2, 0.25) is 0 Å². The molecule has 1 atom stereocenters. The number of carbonyl (C=O) groups excluding carboxylic acids is 2. The van der Waals surface area contributed by atoms with Crippen LogP contribution in [0.4, 0.5) is 4.79 Å². The Hall–Kier alpha value is -3.35. The second kappa shape index (κ2) is 9.02. The number of fused-ring (bicyclic) bond motifs is 3. The number of amides is 2. The quantitative estimate of drug-likeness (QED) is 0.556. The summed E-state index contributed by atoms with van der Waals surface area (Å²) in [7, 11) is 0. The van der Waals surface area contributed by atoms with Gasteiger partial charge in [-0.15, -0.1) is 0 Å². The van der Waals surface area contributed by atoms with Gasteiger partial charge in [-0.2, -0.15) is 0 Å². The van der Waals surface area contributed by atoms with Crippen molar-refractivity contribution in [3.8, 4) is 11.1 Å². The summed E-state index contributed by atoms with van der Waals surface area (Å²) in [5, 5.41) is 14.5. The Morgan fingerprint density at radius 2 is 1.66 bits per heavy atom. The molecule has 3 N–H and O–H groups in total. The number of benzene rings is 2. The zero-order valence-electron chi connectivity index (χ0n) is 18.1. The fourth-order valence-corrected chi connectivity index (χ4v) is 4.32. The average Bonchev–Trinajstić information content (AvgIpc) is 3.48. The second-order valence-corrected chi connectivity index (χ2v) is 8.79. The van der Waals surface area contributed by atoms with Crippen molar-refractivity contribution >= 4 is 18.0 Å². The molecule has 1 fully saturated rings. The first-order valence-electron chi connectivity index (χ1n) is 11.0. The maximum absolute atomic E-state index is 12.2. The van der Waals surface area contributed by atoms with Gasteiger partial charge in [-0.25, -0.2) is 9.59 Å². The smallest absolute Gasteiger partial charge is 0.407 e. The van der Waals surface area contributed by atoms with Crippen LogP contribution >= 0.6 is 0 Å². The molecule has 2 aliphatic carbocycles. The zero-order valence-corrected chi connectivity index (χ0v) is 18.1. The summed E-state index contributed by atoms with van der Waals surface area (Å²) < 4.78 is 5.51. The summed E-state index contributed by atoms with van der Waals surface area (Å²) >= 11 is 0. The highest BCUT2D eigenvalue weighted by molar-refractivity contribution is 5.89. The highest BCUT2D eigenvalue weighted by Crippen LogP contribution is 2.44. The molecule has 0 radical (unpaired) electrons. The molecular weight excluding hydrogens is 408 g/mol. The molecule has 0 aliphatic heterocycles. The van der Waals surface area contributed by atoms with Crippen molar-refractivity contribution in [1.82, 2.24) is 10.6 Å². The Balaban J connectivity index is 1.21. The summed E-state index contributed by atoms with van der Waals surface area (Å²) in [5.41, 5.74) is 3.63. The van der Waals surface area contributed by atoms with Crippen LogP contribution in [0.3, 0.4) is 0 Å². The van der Waals surface area contributed by atoms with E-state index in [9.17, 15) is 14.4 Å². The Morgan fingerprint density at radius 3 is 2.22 bits per heavy atom. The molecule has 7 heteroatoms. The Labute approximate surface area is 187 Å². The maximum atomic E-state index is 12.2. The molecule has 168 valence electrons. The number of carboxylic acids is 1. The number of carbonyl (C=O) groups is 3. The van der Waals surface area contributed by atoms with Crippen LogP contribution in [0.15, 0.2) is 48.5 Å². The number of aliphatic carboxylic acids is 1. The molecule has 2 aromatic carbocycles. The molecule has 1 unspecified atom stereocenters. The van der Waals surface area contributed by atoms with E-state index >= 15 is 0 Å². The van der Waals surface area contributed by atoms with Gasteiger partial charge in [0.15, 0.2) is 0 Å². The SMILES string of the molecule is CC(CCNC(=O)OCC1c2ccccc2-c2ccccc21)CC(=O)NC1(C(=O)O)CC1. The van der Waals surface area contributed by atoms with E-state index in [0.29, 0.717) is 25.8 Å². The van der Waals surface area contributed by atoms with Crippen LogP contribution in [0.1, 0.15) is 49.7 Å². The number of hydrogen-bond acceptors (Lipinski definition) is 4. The van der Waals surface area contributed by atoms with E-state index in [0.717, 1.165) is 11.1 Å². The second-order valence-electron chi connectivity index (χ2n) is 8.79. The number of nitrogens with one attached hydrogen (secondary N) is 2. The first-order valence-corrected chi connectivity index (χ1v) is 11.0. The third-order valence-corrected chi connectivity index (χ3v) is 6.32. The van der Waals surface area contributed by atoms with Crippen molar-refractivity contribution in [2.75, 3.05) is 13.2 Å². The zero-order chi connectivity index (χ0) is 22.7. The molecule has 2 amide bonds. The standard InChI is InChI=1S/C25H28N2O5/c1-16(14-22(28)27-25(11-12-25)23(29)30)10-13-26-24(31)32-15-21-19-8-4-2-6-17(19)18-7-3-5-9-20(18)21/h2-9,16,21H,10-15H2,1H3,(H,26,31)(H,27,28)(H,29,30). The monoisotopic (exact) mass is 436 g/mol. The van der Waals surface area contributed by atoms with Crippen molar-refractivity contribution in [3.63, 3.8) is 0 Å². The van der Waals surface area contributed by atoms with Crippen LogP contribution in [0.25, 0.3) is 11.1 Å². The van der Waals surface area contributed by atoms with Gasteiger partial charge in [0.2, 0.25) is 5.91 Å². The molecule has 0 heterocycles. The number of rotatable bonds is 9. The average molecular weight is 437 g/mol. The fraction of sp³-hybridized carbons (Fsp3) is 0.400. The van der Waals surface area contributed by atoms with Gasteiger partial charge in [0.1, 0.15) is 12.1 Å². The van der Waals surface area contributed by atoms with Crippen LogP contribution in [0, 0.1) is 5.92 Å². The molecule has 1 saturated carbocycles. The summed E-state index contributed by atoms with van der Waals surface area (Å²) in [6.45, 7) is 2.55. The summed E-state index contributed by atoms with van der Waals surface area (Å²) in [6, 6.07) is 16.3. The lowest BCUT2D eigenvalue weighted by atomic mass is 9.98. The predicted molar refractivity (Wildman–Crippen MR) is 119 cm³/mol. The van der Waals surface area contributed by atoms with Crippen molar-refractivity contribution in [2.45, 2.75) is 44.1 Å². The minimum Gasteiger partial charge on any atom is -0.480 e. The van der Waals surface area contributed by atoms with E-state index in [2.05, 4.69) is 34.9 Å². The molecule has 0 aromatic heterocycles. The van der Waals surface area contributed by atoms with Crippen LogP contribution in [0.5, 0.6) is 0 Å². The van der Waals surface area contributed by atoms with E-state index in [1.165, 1.54) is 11.1 Å². The third kappa shape index (κ3) is 4.61. The summed E-state index contributed by atoms with van der Waals surface area (Å²) in [5.74, 6) is -1.22. The van der Waals surface area contributed by atoms with Crippen LogP contribution < -0.4 is 10.6 Å². The van der Waals surface area contributed by atoms with E-state index < -0.39 is 17.6 Å². The molecule has 32 heavy (non-hydrogen) atoms. The van der Waals surface area contributed by atoms with Gasteiger partial charge in [0.05, 0.1) is 0 Å². The lowest BCUT2D eigenvalue weighted by Crippen LogP contribution is -2.43. The largest absolute Gasteiger partial charge is 0.480 e. The Kier molecular flexibility index (Phi) is 6.17. The molecule has 0 spiro atoms. The first kappa shape index (κ1) is 21.9. The van der Waals surface area contributed by atoms with E-state index in [1.807, 2.05) is 31.2 Å². The van der Waals surface area contributed by atoms with Crippen LogP contribution in [-0.4, -0.2) is 41.8 Å². The third-order valence-electron chi connectivity index (χ3n) is 6.32. The fourth-order valence-electron chi connectivity index (χ4n) is 4.32. The molecule has 0 saturated heterocycles. The van der Waals surface area contributed by atoms with Crippen molar-refractivity contribution in [2.24, 2.45) is 5.92 Å². The number of ether oxygens (including phenoxy) is 1. The Bertz CT molecular complexity index is 985. The van der Waals surface area contributed by atoms with E-state index in [-0.39, 0.29) is 30.8 Å². The van der Waals surface area contributed by atoms with Gasteiger partial charge in [0.25, 0.3) is 0 Å². The molecular formula is C25H28N2O5. The minimum atomic E-state index is -1.06. The number of carboxylic acid groups (broad SMARTS) is 1. The minimum absolute atomic E-state index is 0.00785. The number of hydrogen-bond donors (Lipinski definition) is 3. The highest BCUT2D eigenvalue weighted by Gasteiger charge is 2.51. The van der Waals surface area contributed by atoms with Gasteiger partial charge in [-0.05, 0) is 47.4 Å². The van der Waals surface area contributed by atoms with E-state index in [4.69, 9.17) is 9.84 Å². The van der Waals surface area contributed by atoms with Crippen molar-refractivity contribution < 1.29 is 24.2 Å². The Morgan fingerprint density at radius 1 is 1.06 bits per heavy atom. The summed E-state index contributed by atoms with van der Waals surface area (Å²) in [4.78, 5) is 35.5. The van der Waals surface area contributed by atoms with E-state index in [1.54, 1.807) is 0 Å². The van der Waals surface area contributed by atoms with Crippen LogP contribution in [-0.2, 0) is 14.3 Å². The predicted octanol–water partition coefficient (Wildman–Crippen LogP) is 3.67. The normalized spacial score (nSPS) is 16.4. The van der Waals surface area contributed by atoms with Gasteiger partial charge in [0, 0.05) is 18.9 Å². The first-order chi connectivity index (χ1) is 15.4. The molecule has 4 rings (SSSR count). The highest BCUT2D eigenvalue weighted by atomic mass is 16.5. The maximum Gasteiger partial charge on any atom is 0.407 e. The molecule has 2 aliphatic rings. The van der Waals surface area contributed by atoms with Gasteiger partial charge in [-0.3, -0.25) is 4.79 Å². The molecule has 7 nitrogen and oxygen atoms in total. The van der Waals surface area contributed by atoms with Gasteiger partial charge < -0.3 is 20.5 Å². The lowest BCUT2D eigenvalue weighted by molar-refractivity contribution is -0.143. The van der Waals surface area contributed by atoms with Crippen molar-refractivity contribution in [3.05, 3.63) is 59.7 Å². The molecule has 0 bridgehead atoms. The number of alkyl carbamates (subject to hydrolysis) is 1. The molecule has 2 aromatic rings.